The van der Waals surface area contributed by atoms with E-state index in [4.69, 9.17) is 5.11 Å². The van der Waals surface area contributed by atoms with E-state index in [9.17, 15) is 0 Å². The van der Waals surface area contributed by atoms with Gasteiger partial charge in [0.05, 0.1) is 6.61 Å². The Morgan fingerprint density at radius 3 is 2.50 bits per heavy atom. The van der Waals surface area contributed by atoms with Crippen molar-refractivity contribution in [2.75, 3.05) is 25.7 Å². The lowest BCUT2D eigenvalue weighted by molar-refractivity contribution is 0.179. The summed E-state index contributed by atoms with van der Waals surface area (Å²) in [4.78, 5) is 0. The summed E-state index contributed by atoms with van der Waals surface area (Å²) in [7, 11) is 1.89. The third kappa shape index (κ3) is 3.44. The van der Waals surface area contributed by atoms with Crippen LogP contribution >= 0.6 is 11.8 Å². The molecule has 2 N–H and O–H groups in total. The monoisotopic (exact) mass is 163 g/mol. The molecule has 0 bridgehead atoms. The van der Waals surface area contributed by atoms with Crippen molar-refractivity contribution in [1.82, 2.24) is 5.32 Å². The predicted octanol–water partition coefficient (Wildman–Crippen LogP) is 0.710. The summed E-state index contributed by atoms with van der Waals surface area (Å²) in [5, 5.41) is 12.0. The molecule has 62 valence electrons. The van der Waals surface area contributed by atoms with Crippen LogP contribution in [0.15, 0.2) is 0 Å². The standard InChI is InChI=1S/C7H17NOS/c1-7(6-9,8-2)4-5-10-3/h8-9H,4-6H2,1-3H3. The molecular formula is C7H17NOS. The second-order valence-corrected chi connectivity index (χ2v) is 3.70. The van der Waals surface area contributed by atoms with Crippen LogP contribution in [0, 0.1) is 0 Å². The summed E-state index contributed by atoms with van der Waals surface area (Å²) in [6, 6.07) is 0. The first kappa shape index (κ1) is 10.3. The fourth-order valence-electron chi connectivity index (χ4n) is 0.610. The molecule has 2 nitrogen and oxygen atoms in total. The van der Waals surface area contributed by atoms with E-state index in [0.29, 0.717) is 0 Å². The highest BCUT2D eigenvalue weighted by molar-refractivity contribution is 7.98. The van der Waals surface area contributed by atoms with Crippen LogP contribution in [-0.4, -0.2) is 36.3 Å². The molecular weight excluding hydrogens is 146 g/mol. The number of nitrogens with one attached hydrogen (secondary N) is 1. The van der Waals surface area contributed by atoms with Crippen LogP contribution in [0.3, 0.4) is 0 Å². The molecule has 1 unspecified atom stereocenters. The lowest BCUT2D eigenvalue weighted by atomic mass is 10.0. The molecule has 0 aliphatic heterocycles. The first-order chi connectivity index (χ1) is 4.68. The van der Waals surface area contributed by atoms with Crippen molar-refractivity contribution < 1.29 is 5.11 Å². The summed E-state index contributed by atoms with van der Waals surface area (Å²) in [6.07, 6.45) is 3.09. The van der Waals surface area contributed by atoms with Gasteiger partial charge in [0.15, 0.2) is 0 Å². The van der Waals surface area contributed by atoms with Crippen LogP contribution in [0.25, 0.3) is 0 Å². The van der Waals surface area contributed by atoms with E-state index in [0.717, 1.165) is 12.2 Å². The molecule has 0 aromatic rings. The second kappa shape index (κ2) is 4.99. The van der Waals surface area contributed by atoms with E-state index in [-0.39, 0.29) is 12.1 Å². The van der Waals surface area contributed by atoms with Gasteiger partial charge in [-0.25, -0.2) is 0 Å². The molecule has 0 spiro atoms. The van der Waals surface area contributed by atoms with Gasteiger partial charge < -0.3 is 10.4 Å². The van der Waals surface area contributed by atoms with Crippen molar-refractivity contribution in [3.63, 3.8) is 0 Å². The molecule has 0 aliphatic rings. The molecule has 3 heteroatoms. The highest BCUT2D eigenvalue weighted by Gasteiger charge is 2.19. The Balaban J connectivity index is 3.58. The molecule has 0 aromatic carbocycles. The van der Waals surface area contributed by atoms with Crippen LogP contribution in [-0.2, 0) is 0 Å². The Labute approximate surface area is 67.4 Å². The minimum Gasteiger partial charge on any atom is -0.394 e. The average Bonchev–Trinajstić information content (AvgIpc) is 2.00. The van der Waals surface area contributed by atoms with Crippen molar-refractivity contribution in [2.24, 2.45) is 0 Å². The molecule has 0 rings (SSSR count). The fraction of sp³-hybridized carbons (Fsp3) is 1.00. The van der Waals surface area contributed by atoms with Crippen LogP contribution in [0.1, 0.15) is 13.3 Å². The largest absolute Gasteiger partial charge is 0.394 e. The number of hydrogen-bond donors (Lipinski definition) is 2. The van der Waals surface area contributed by atoms with E-state index in [2.05, 4.69) is 11.6 Å². The summed E-state index contributed by atoms with van der Waals surface area (Å²) in [5.74, 6) is 1.10. The maximum atomic E-state index is 8.94. The summed E-state index contributed by atoms with van der Waals surface area (Å²) in [6.45, 7) is 2.24. The van der Waals surface area contributed by atoms with Gasteiger partial charge in [-0.1, -0.05) is 0 Å². The minimum atomic E-state index is -0.0803. The van der Waals surface area contributed by atoms with Gasteiger partial charge in [0.25, 0.3) is 0 Å². The third-order valence-corrected chi connectivity index (χ3v) is 2.42. The van der Waals surface area contributed by atoms with E-state index in [1.807, 2.05) is 25.7 Å². The normalized spacial score (nSPS) is 16.8. The molecule has 0 heterocycles. The summed E-state index contributed by atoms with van der Waals surface area (Å²) < 4.78 is 0. The number of rotatable bonds is 5. The van der Waals surface area contributed by atoms with E-state index in [1.54, 1.807) is 0 Å². The topological polar surface area (TPSA) is 32.3 Å². The van der Waals surface area contributed by atoms with Crippen molar-refractivity contribution in [3.8, 4) is 0 Å². The molecule has 0 aromatic heterocycles. The van der Waals surface area contributed by atoms with Gasteiger partial charge in [0, 0.05) is 5.54 Å². The van der Waals surface area contributed by atoms with Gasteiger partial charge in [0.2, 0.25) is 0 Å². The van der Waals surface area contributed by atoms with Gasteiger partial charge in [-0.2, -0.15) is 11.8 Å². The minimum absolute atomic E-state index is 0.0803. The Kier molecular flexibility index (Phi) is 5.13. The number of hydrogen-bond acceptors (Lipinski definition) is 3. The zero-order chi connectivity index (χ0) is 8.04. The van der Waals surface area contributed by atoms with Crippen molar-refractivity contribution in [1.29, 1.82) is 0 Å². The molecule has 0 amide bonds. The van der Waals surface area contributed by atoms with Gasteiger partial charge >= 0.3 is 0 Å². The fourth-order valence-corrected chi connectivity index (χ4v) is 1.27. The zero-order valence-corrected chi connectivity index (χ0v) is 7.79. The highest BCUT2D eigenvalue weighted by Crippen LogP contribution is 2.10. The average molecular weight is 163 g/mol. The zero-order valence-electron chi connectivity index (χ0n) is 6.98. The highest BCUT2D eigenvalue weighted by atomic mass is 32.2. The van der Waals surface area contributed by atoms with Gasteiger partial charge in [-0.15, -0.1) is 0 Å². The first-order valence-corrected chi connectivity index (χ1v) is 4.86. The number of aliphatic hydroxyl groups excluding tert-OH is 1. The quantitative estimate of drug-likeness (QED) is 0.626. The number of aliphatic hydroxyl groups is 1. The second-order valence-electron chi connectivity index (χ2n) is 2.71. The van der Waals surface area contributed by atoms with Crippen molar-refractivity contribution in [3.05, 3.63) is 0 Å². The molecule has 0 radical (unpaired) electrons. The SMILES string of the molecule is CNC(C)(CO)CCSC. The van der Waals surface area contributed by atoms with Gasteiger partial charge in [-0.3, -0.25) is 0 Å². The van der Waals surface area contributed by atoms with Crippen molar-refractivity contribution in [2.45, 2.75) is 18.9 Å². The van der Waals surface area contributed by atoms with Crippen LogP contribution in [0.5, 0.6) is 0 Å². The number of likely N-dealkylation sites (N-methyl/N-ethyl adjacent to an activating group) is 1. The van der Waals surface area contributed by atoms with Crippen LogP contribution in [0.2, 0.25) is 0 Å². The smallest absolute Gasteiger partial charge is 0.0610 e. The van der Waals surface area contributed by atoms with E-state index >= 15 is 0 Å². The molecule has 0 saturated carbocycles. The molecule has 0 saturated heterocycles. The van der Waals surface area contributed by atoms with Gasteiger partial charge in [0.1, 0.15) is 0 Å². The summed E-state index contributed by atoms with van der Waals surface area (Å²) >= 11 is 1.81. The Hall–Kier alpha value is 0.270. The Morgan fingerprint density at radius 2 is 2.20 bits per heavy atom. The molecule has 1 atom stereocenters. The maximum absolute atomic E-state index is 8.94. The molecule has 10 heavy (non-hydrogen) atoms. The van der Waals surface area contributed by atoms with E-state index in [1.165, 1.54) is 0 Å². The third-order valence-electron chi connectivity index (χ3n) is 1.81. The first-order valence-electron chi connectivity index (χ1n) is 3.47. The lowest BCUT2D eigenvalue weighted by Gasteiger charge is -2.26. The molecule has 0 fully saturated rings. The summed E-state index contributed by atoms with van der Waals surface area (Å²) in [5.41, 5.74) is -0.0803. The van der Waals surface area contributed by atoms with E-state index < -0.39 is 0 Å². The van der Waals surface area contributed by atoms with Crippen LogP contribution in [0.4, 0.5) is 0 Å². The Morgan fingerprint density at radius 1 is 1.60 bits per heavy atom. The van der Waals surface area contributed by atoms with Crippen LogP contribution < -0.4 is 5.32 Å². The predicted molar refractivity (Wildman–Crippen MR) is 47.5 cm³/mol. The molecule has 0 aliphatic carbocycles. The van der Waals surface area contributed by atoms with Gasteiger partial charge in [-0.05, 0) is 32.4 Å². The lowest BCUT2D eigenvalue weighted by Crippen LogP contribution is -2.43. The number of thioether (sulfide) groups is 1. The van der Waals surface area contributed by atoms with Crippen molar-refractivity contribution >= 4 is 11.8 Å². The maximum Gasteiger partial charge on any atom is 0.0610 e. The Bertz CT molecular complexity index is 83.7.